The molecule has 0 fully saturated rings. The highest BCUT2D eigenvalue weighted by Crippen LogP contribution is 2.20. The summed E-state index contributed by atoms with van der Waals surface area (Å²) < 4.78 is 0. The van der Waals surface area contributed by atoms with E-state index in [2.05, 4.69) is 19.2 Å². The first-order chi connectivity index (χ1) is 8.92. The highest BCUT2D eigenvalue weighted by molar-refractivity contribution is 5.78. The number of carboxylic acids is 1. The summed E-state index contributed by atoms with van der Waals surface area (Å²) in [7, 11) is 0. The van der Waals surface area contributed by atoms with Gasteiger partial charge in [-0.05, 0) is 37.5 Å². The molecule has 4 nitrogen and oxygen atoms in total. The predicted octanol–water partition coefficient (Wildman–Crippen LogP) is 3.07. The Labute approximate surface area is 117 Å². The molecule has 0 spiro atoms. The summed E-state index contributed by atoms with van der Waals surface area (Å²) in [5, 5.41) is 11.7. The van der Waals surface area contributed by atoms with Gasteiger partial charge >= 0.3 is 5.97 Å². The number of rotatable bonds is 10. The lowest BCUT2D eigenvalue weighted by atomic mass is 9.88. The minimum Gasteiger partial charge on any atom is -0.481 e. The summed E-state index contributed by atoms with van der Waals surface area (Å²) in [6.45, 7) is 8.91. The molecule has 1 atom stereocenters. The van der Waals surface area contributed by atoms with Gasteiger partial charge in [0.05, 0.1) is 0 Å². The second kappa shape index (κ2) is 9.82. The second-order valence-electron chi connectivity index (χ2n) is 5.53. The van der Waals surface area contributed by atoms with E-state index in [1.54, 1.807) is 0 Å². The third-order valence-electron chi connectivity index (χ3n) is 3.84. The minimum atomic E-state index is -0.744. The summed E-state index contributed by atoms with van der Waals surface area (Å²) >= 11 is 0. The molecule has 2 N–H and O–H groups in total. The lowest BCUT2D eigenvalue weighted by Crippen LogP contribution is -2.32. The molecule has 0 aliphatic carbocycles. The number of aliphatic carboxylic acids is 1. The maximum absolute atomic E-state index is 11.8. The maximum atomic E-state index is 11.8. The number of carboxylic acid groups (broad SMARTS) is 1. The molecule has 0 saturated heterocycles. The molecule has 0 aliphatic heterocycles. The summed E-state index contributed by atoms with van der Waals surface area (Å²) in [4.78, 5) is 22.4. The highest BCUT2D eigenvalue weighted by Gasteiger charge is 2.17. The fourth-order valence-electron chi connectivity index (χ4n) is 2.30. The van der Waals surface area contributed by atoms with E-state index in [1.807, 2.05) is 13.8 Å². The van der Waals surface area contributed by atoms with Gasteiger partial charge < -0.3 is 10.4 Å². The molecule has 1 amide bonds. The van der Waals surface area contributed by atoms with E-state index in [1.165, 1.54) is 0 Å². The van der Waals surface area contributed by atoms with E-state index >= 15 is 0 Å². The first kappa shape index (κ1) is 17.9. The van der Waals surface area contributed by atoms with Gasteiger partial charge in [0.2, 0.25) is 5.91 Å². The average Bonchev–Trinajstić information content (AvgIpc) is 2.34. The molecule has 19 heavy (non-hydrogen) atoms. The first-order valence-electron chi connectivity index (χ1n) is 7.41. The largest absolute Gasteiger partial charge is 0.481 e. The predicted molar refractivity (Wildman–Crippen MR) is 76.9 cm³/mol. The van der Waals surface area contributed by atoms with E-state index in [0.29, 0.717) is 24.8 Å². The Balaban J connectivity index is 4.05. The van der Waals surface area contributed by atoms with Crippen molar-refractivity contribution in [3.8, 4) is 0 Å². The molecule has 0 aliphatic rings. The van der Waals surface area contributed by atoms with Crippen molar-refractivity contribution in [3.05, 3.63) is 0 Å². The topological polar surface area (TPSA) is 66.4 Å². The number of carbonyl (C=O) groups is 2. The van der Waals surface area contributed by atoms with Crippen LogP contribution in [0.25, 0.3) is 0 Å². The SMILES string of the molecule is CCC(CC)C(=O)NCCC(CCC(=O)O)C(C)C. The van der Waals surface area contributed by atoms with Crippen molar-refractivity contribution in [3.63, 3.8) is 0 Å². The lowest BCUT2D eigenvalue weighted by molar-refractivity contribution is -0.137. The van der Waals surface area contributed by atoms with Crippen LogP contribution in [0.2, 0.25) is 0 Å². The van der Waals surface area contributed by atoms with Crippen LogP contribution in [0, 0.1) is 17.8 Å². The molecule has 4 heteroatoms. The summed E-state index contributed by atoms with van der Waals surface area (Å²) in [6.07, 6.45) is 3.50. The number of hydrogen-bond acceptors (Lipinski definition) is 2. The van der Waals surface area contributed by atoms with Crippen molar-refractivity contribution in [1.29, 1.82) is 0 Å². The zero-order valence-electron chi connectivity index (χ0n) is 12.7. The monoisotopic (exact) mass is 271 g/mol. The zero-order chi connectivity index (χ0) is 14.8. The molecule has 0 rings (SSSR count). The van der Waals surface area contributed by atoms with Crippen LogP contribution in [0.1, 0.15) is 59.8 Å². The molecule has 0 aromatic carbocycles. The Morgan fingerprint density at radius 1 is 1.11 bits per heavy atom. The third kappa shape index (κ3) is 7.85. The average molecular weight is 271 g/mol. The summed E-state index contributed by atoms with van der Waals surface area (Å²) in [6, 6.07) is 0. The van der Waals surface area contributed by atoms with E-state index < -0.39 is 5.97 Å². The molecule has 0 bridgehead atoms. The Morgan fingerprint density at radius 2 is 1.68 bits per heavy atom. The number of hydrogen-bond donors (Lipinski definition) is 2. The van der Waals surface area contributed by atoms with E-state index in [0.717, 1.165) is 19.3 Å². The fraction of sp³-hybridized carbons (Fsp3) is 0.867. The van der Waals surface area contributed by atoms with Crippen LogP contribution in [-0.4, -0.2) is 23.5 Å². The standard InChI is InChI=1S/C15H29NO3/c1-5-12(6-2)15(19)16-10-9-13(11(3)4)7-8-14(17)18/h11-13H,5-10H2,1-4H3,(H,16,19)(H,17,18). The van der Waals surface area contributed by atoms with Gasteiger partial charge in [0.25, 0.3) is 0 Å². The van der Waals surface area contributed by atoms with Gasteiger partial charge in [-0.15, -0.1) is 0 Å². The quantitative estimate of drug-likeness (QED) is 0.641. The van der Waals surface area contributed by atoms with Crippen LogP contribution < -0.4 is 5.32 Å². The third-order valence-corrected chi connectivity index (χ3v) is 3.84. The van der Waals surface area contributed by atoms with Gasteiger partial charge in [0.1, 0.15) is 0 Å². The van der Waals surface area contributed by atoms with Gasteiger partial charge in [-0.25, -0.2) is 0 Å². The molecular weight excluding hydrogens is 242 g/mol. The first-order valence-corrected chi connectivity index (χ1v) is 7.41. The van der Waals surface area contributed by atoms with Crippen LogP contribution in [-0.2, 0) is 9.59 Å². The minimum absolute atomic E-state index is 0.108. The van der Waals surface area contributed by atoms with Crippen molar-refractivity contribution in [2.24, 2.45) is 17.8 Å². The number of carbonyl (C=O) groups excluding carboxylic acids is 1. The van der Waals surface area contributed by atoms with Crippen LogP contribution in [0.5, 0.6) is 0 Å². The molecule has 112 valence electrons. The Kier molecular flexibility index (Phi) is 9.27. The molecule has 0 saturated carbocycles. The molecule has 1 unspecified atom stereocenters. The number of nitrogens with one attached hydrogen (secondary N) is 1. The molecule has 0 radical (unpaired) electrons. The van der Waals surface area contributed by atoms with Crippen molar-refractivity contribution in [2.75, 3.05) is 6.54 Å². The lowest BCUT2D eigenvalue weighted by Gasteiger charge is -2.21. The van der Waals surface area contributed by atoms with Crippen molar-refractivity contribution in [1.82, 2.24) is 5.32 Å². The molecule has 0 aromatic heterocycles. The van der Waals surface area contributed by atoms with Gasteiger partial charge in [-0.2, -0.15) is 0 Å². The van der Waals surface area contributed by atoms with Crippen LogP contribution in [0.4, 0.5) is 0 Å². The molecule has 0 aromatic rings. The van der Waals surface area contributed by atoms with Gasteiger partial charge in [-0.1, -0.05) is 27.7 Å². The van der Waals surface area contributed by atoms with E-state index in [9.17, 15) is 9.59 Å². The van der Waals surface area contributed by atoms with Crippen LogP contribution >= 0.6 is 0 Å². The maximum Gasteiger partial charge on any atom is 0.303 e. The van der Waals surface area contributed by atoms with Crippen molar-refractivity contribution < 1.29 is 14.7 Å². The molecular formula is C15H29NO3. The highest BCUT2D eigenvalue weighted by atomic mass is 16.4. The second-order valence-corrected chi connectivity index (χ2v) is 5.53. The Hall–Kier alpha value is -1.06. The Bertz CT molecular complexity index is 273. The summed E-state index contributed by atoms with van der Waals surface area (Å²) in [5.74, 6) is 0.302. The van der Waals surface area contributed by atoms with Gasteiger partial charge in [0, 0.05) is 18.9 Å². The van der Waals surface area contributed by atoms with E-state index in [4.69, 9.17) is 5.11 Å². The smallest absolute Gasteiger partial charge is 0.303 e. The van der Waals surface area contributed by atoms with Crippen molar-refractivity contribution in [2.45, 2.75) is 59.8 Å². The van der Waals surface area contributed by atoms with Crippen LogP contribution in [0.3, 0.4) is 0 Å². The van der Waals surface area contributed by atoms with Crippen LogP contribution in [0.15, 0.2) is 0 Å². The van der Waals surface area contributed by atoms with Gasteiger partial charge in [0.15, 0.2) is 0 Å². The van der Waals surface area contributed by atoms with Gasteiger partial charge in [-0.3, -0.25) is 9.59 Å². The number of amides is 1. The normalized spacial score (nSPS) is 12.7. The van der Waals surface area contributed by atoms with Crippen molar-refractivity contribution >= 4 is 11.9 Å². The zero-order valence-corrected chi connectivity index (χ0v) is 12.7. The molecule has 0 heterocycles. The fourth-order valence-corrected chi connectivity index (χ4v) is 2.30. The summed E-state index contributed by atoms with van der Waals surface area (Å²) in [5.41, 5.74) is 0. The Morgan fingerprint density at radius 3 is 2.11 bits per heavy atom. The van der Waals surface area contributed by atoms with E-state index in [-0.39, 0.29) is 18.2 Å².